The zero-order valence-corrected chi connectivity index (χ0v) is 16.7. The van der Waals surface area contributed by atoms with E-state index in [1.165, 1.54) is 6.07 Å². The van der Waals surface area contributed by atoms with Crippen molar-refractivity contribution in [3.05, 3.63) is 70.7 Å². The third-order valence-electron chi connectivity index (χ3n) is 4.42. The minimum atomic E-state index is -0.557. The molecule has 0 unspecified atom stereocenters. The summed E-state index contributed by atoms with van der Waals surface area (Å²) < 4.78 is 0. The van der Waals surface area contributed by atoms with Crippen LogP contribution in [0.3, 0.4) is 0 Å². The van der Waals surface area contributed by atoms with E-state index >= 15 is 0 Å². The molecule has 3 aromatic rings. The lowest BCUT2D eigenvalue weighted by molar-refractivity contribution is -0.115. The number of nitrogens with one attached hydrogen (secondary N) is 2. The van der Waals surface area contributed by atoms with E-state index in [-0.39, 0.29) is 23.6 Å². The summed E-state index contributed by atoms with van der Waals surface area (Å²) in [7, 11) is 0. The highest BCUT2D eigenvalue weighted by Crippen LogP contribution is 2.25. The largest absolute Gasteiger partial charge is 0.507 e. The average Bonchev–Trinajstić information content (AvgIpc) is 2.69. The molecule has 0 aromatic heterocycles. The molecule has 3 aromatic carbocycles. The fraction of sp³-hybridized carbons (Fsp3) is 0.136. The fourth-order valence-corrected chi connectivity index (χ4v) is 3.00. The van der Waals surface area contributed by atoms with Crippen molar-refractivity contribution >= 4 is 45.6 Å². The highest BCUT2D eigenvalue weighted by Gasteiger charge is 2.13. The van der Waals surface area contributed by atoms with Gasteiger partial charge in [0.2, 0.25) is 5.91 Å². The molecule has 0 saturated heterocycles. The smallest absolute Gasteiger partial charge is 0.275 e. The number of benzene rings is 3. The number of rotatable bonds is 5. The number of hydrogen-bond donors (Lipinski definition) is 3. The zero-order chi connectivity index (χ0) is 21.0. The van der Waals surface area contributed by atoms with E-state index in [1.807, 2.05) is 31.2 Å². The molecule has 0 saturated carbocycles. The second kappa shape index (κ2) is 8.75. The van der Waals surface area contributed by atoms with Crippen LogP contribution in [0.2, 0.25) is 5.02 Å². The molecule has 0 fully saturated rings. The maximum atomic E-state index is 12.4. The fourth-order valence-electron chi connectivity index (χ4n) is 2.83. The normalized spacial score (nSPS) is 11.3. The van der Waals surface area contributed by atoms with Crippen molar-refractivity contribution < 1.29 is 14.7 Å². The van der Waals surface area contributed by atoms with Crippen LogP contribution in [0.15, 0.2) is 59.7 Å². The van der Waals surface area contributed by atoms with E-state index in [0.717, 1.165) is 16.3 Å². The van der Waals surface area contributed by atoms with Gasteiger partial charge in [-0.1, -0.05) is 41.9 Å². The Morgan fingerprint density at radius 2 is 1.76 bits per heavy atom. The second-order valence-corrected chi connectivity index (χ2v) is 7.05. The molecule has 6 nitrogen and oxygen atoms in total. The number of aromatic hydroxyl groups is 1. The van der Waals surface area contributed by atoms with Crippen LogP contribution in [0.5, 0.6) is 5.75 Å². The summed E-state index contributed by atoms with van der Waals surface area (Å²) in [6.45, 7) is 3.44. The van der Waals surface area contributed by atoms with E-state index in [4.69, 9.17) is 11.6 Å². The minimum absolute atomic E-state index is 0.00403. The summed E-state index contributed by atoms with van der Waals surface area (Å²) in [5.74, 6) is -0.971. The number of halogens is 1. The summed E-state index contributed by atoms with van der Waals surface area (Å²) in [6.07, 6.45) is -0.00403. The van der Waals surface area contributed by atoms with Crippen molar-refractivity contribution in [2.75, 3.05) is 5.32 Å². The van der Waals surface area contributed by atoms with Gasteiger partial charge in [-0.05, 0) is 54.4 Å². The molecule has 148 valence electrons. The van der Waals surface area contributed by atoms with Crippen molar-refractivity contribution in [3.8, 4) is 5.75 Å². The third kappa shape index (κ3) is 4.92. The molecule has 2 amide bonds. The van der Waals surface area contributed by atoms with Crippen LogP contribution in [0.25, 0.3) is 10.8 Å². The van der Waals surface area contributed by atoms with Crippen molar-refractivity contribution in [3.63, 3.8) is 0 Å². The number of carbonyl (C=O) groups excluding carboxylic acids is 2. The van der Waals surface area contributed by atoms with E-state index in [2.05, 4.69) is 15.8 Å². The SMILES string of the molecule is C/C(CC(=O)Nc1cccc(Cl)c1C)=N/NC(=O)c1cc2ccccc2cc1O. The Balaban J connectivity index is 1.65. The predicted octanol–water partition coefficient (Wildman–Crippen LogP) is 4.64. The maximum Gasteiger partial charge on any atom is 0.275 e. The van der Waals surface area contributed by atoms with Gasteiger partial charge in [0.15, 0.2) is 0 Å². The van der Waals surface area contributed by atoms with Gasteiger partial charge < -0.3 is 10.4 Å². The number of hydrogen-bond acceptors (Lipinski definition) is 4. The number of nitrogens with zero attached hydrogens (tertiary/aromatic N) is 1. The van der Waals surface area contributed by atoms with Gasteiger partial charge >= 0.3 is 0 Å². The van der Waals surface area contributed by atoms with Crippen LogP contribution >= 0.6 is 11.6 Å². The number of phenolic OH excluding ortho intramolecular Hbond substituents is 1. The molecule has 3 N–H and O–H groups in total. The monoisotopic (exact) mass is 409 g/mol. The molecule has 0 aliphatic heterocycles. The quantitative estimate of drug-likeness (QED) is 0.423. The van der Waals surface area contributed by atoms with Crippen molar-refractivity contribution in [2.45, 2.75) is 20.3 Å². The highest BCUT2D eigenvalue weighted by molar-refractivity contribution is 6.31. The standard InChI is InChI=1S/C22H20ClN3O3/c1-13(10-21(28)24-19-9-5-8-18(23)14(19)2)25-26-22(29)17-11-15-6-3-4-7-16(15)12-20(17)27/h3-9,11-12,27H,10H2,1-2H3,(H,24,28)(H,26,29)/b25-13-. The molecule has 0 heterocycles. The van der Waals surface area contributed by atoms with Crippen molar-refractivity contribution in [1.82, 2.24) is 5.43 Å². The molecule has 0 radical (unpaired) electrons. The molecule has 0 atom stereocenters. The van der Waals surface area contributed by atoms with Crippen LogP contribution in [0.4, 0.5) is 5.69 Å². The average molecular weight is 410 g/mol. The van der Waals surface area contributed by atoms with Gasteiger partial charge in [0, 0.05) is 16.4 Å². The van der Waals surface area contributed by atoms with Gasteiger partial charge in [0.05, 0.1) is 12.0 Å². The molecule has 0 aliphatic carbocycles. The summed E-state index contributed by atoms with van der Waals surface area (Å²) in [6, 6.07) is 15.8. The lowest BCUT2D eigenvalue weighted by Crippen LogP contribution is -2.21. The first-order valence-electron chi connectivity index (χ1n) is 8.95. The Kier molecular flexibility index (Phi) is 6.14. The molecule has 0 aliphatic rings. The van der Waals surface area contributed by atoms with Crippen LogP contribution in [-0.2, 0) is 4.79 Å². The van der Waals surface area contributed by atoms with Crippen molar-refractivity contribution in [1.29, 1.82) is 0 Å². The number of amides is 2. The lowest BCUT2D eigenvalue weighted by Gasteiger charge is -2.09. The minimum Gasteiger partial charge on any atom is -0.507 e. The molecule has 0 bridgehead atoms. The maximum absolute atomic E-state index is 12.4. The number of fused-ring (bicyclic) bond motifs is 1. The molecule has 29 heavy (non-hydrogen) atoms. The van der Waals surface area contributed by atoms with Gasteiger partial charge in [0.1, 0.15) is 5.75 Å². The first-order chi connectivity index (χ1) is 13.8. The van der Waals surface area contributed by atoms with E-state index in [9.17, 15) is 14.7 Å². The van der Waals surface area contributed by atoms with Crippen molar-refractivity contribution in [2.24, 2.45) is 5.10 Å². The van der Waals surface area contributed by atoms with Gasteiger partial charge in [0.25, 0.3) is 5.91 Å². The van der Waals surface area contributed by atoms with Gasteiger partial charge in [-0.25, -0.2) is 5.43 Å². The second-order valence-electron chi connectivity index (χ2n) is 6.64. The van der Waals surface area contributed by atoms with Crippen LogP contribution in [0, 0.1) is 6.92 Å². The zero-order valence-electron chi connectivity index (χ0n) is 16.0. The van der Waals surface area contributed by atoms with Crippen LogP contribution in [-0.4, -0.2) is 22.6 Å². The number of hydrazone groups is 1. The van der Waals surface area contributed by atoms with E-state index < -0.39 is 5.91 Å². The third-order valence-corrected chi connectivity index (χ3v) is 4.82. The molecule has 0 spiro atoms. The summed E-state index contributed by atoms with van der Waals surface area (Å²) in [5.41, 5.74) is 4.31. The number of phenols is 1. The Bertz CT molecular complexity index is 1130. The topological polar surface area (TPSA) is 90.8 Å². The predicted molar refractivity (Wildman–Crippen MR) is 116 cm³/mol. The van der Waals surface area contributed by atoms with Gasteiger partial charge in [-0.15, -0.1) is 0 Å². The number of carbonyl (C=O) groups is 2. The molecular weight excluding hydrogens is 390 g/mol. The summed E-state index contributed by atoms with van der Waals surface area (Å²) in [4.78, 5) is 24.6. The molecular formula is C22H20ClN3O3. The summed E-state index contributed by atoms with van der Waals surface area (Å²) >= 11 is 6.05. The highest BCUT2D eigenvalue weighted by atomic mass is 35.5. The lowest BCUT2D eigenvalue weighted by atomic mass is 10.1. The Morgan fingerprint density at radius 3 is 2.48 bits per heavy atom. The van der Waals surface area contributed by atoms with Crippen LogP contribution < -0.4 is 10.7 Å². The van der Waals surface area contributed by atoms with Crippen LogP contribution in [0.1, 0.15) is 29.3 Å². The molecule has 3 rings (SSSR count). The Morgan fingerprint density at radius 1 is 1.07 bits per heavy atom. The molecule has 7 heteroatoms. The Hall–Kier alpha value is -3.38. The number of anilines is 1. The van der Waals surface area contributed by atoms with E-state index in [1.54, 1.807) is 31.2 Å². The van der Waals surface area contributed by atoms with Gasteiger partial charge in [-0.3, -0.25) is 9.59 Å². The van der Waals surface area contributed by atoms with Gasteiger partial charge in [-0.2, -0.15) is 5.10 Å². The Labute approximate surface area is 173 Å². The summed E-state index contributed by atoms with van der Waals surface area (Å²) in [5, 5.41) is 19.1. The van der Waals surface area contributed by atoms with E-state index in [0.29, 0.717) is 16.4 Å². The first-order valence-corrected chi connectivity index (χ1v) is 9.33. The first kappa shape index (κ1) is 20.4.